The third-order valence-corrected chi connectivity index (χ3v) is 2.70. The molecule has 0 aromatic heterocycles. The second-order valence-corrected chi connectivity index (χ2v) is 4.28. The van der Waals surface area contributed by atoms with Gasteiger partial charge in [-0.15, -0.1) is 9.35 Å². The Bertz CT molecular complexity index is 438. The molecule has 1 heterocycles. The van der Waals surface area contributed by atoms with Crippen molar-refractivity contribution in [3.8, 4) is 0 Å². The molecule has 0 unspecified atom stereocenters. The fourth-order valence-electron chi connectivity index (χ4n) is 0.692. The van der Waals surface area contributed by atoms with Gasteiger partial charge in [-0.1, -0.05) is 0 Å². The number of hydroxylamine groups is 2. The Labute approximate surface area is 88.0 Å². The number of nitrogens with zero attached hydrogens (tertiary/aromatic N) is 1. The number of imide groups is 1. The minimum absolute atomic E-state index is 0.348. The highest BCUT2D eigenvalue weighted by molar-refractivity contribution is 7.87. The maximum Gasteiger partial charge on any atom is 0.394 e. The van der Waals surface area contributed by atoms with Gasteiger partial charge in [0, 0.05) is 12.2 Å². The zero-order chi connectivity index (χ0) is 12.6. The van der Waals surface area contributed by atoms with Crippen LogP contribution in [-0.4, -0.2) is 42.3 Å². The maximum atomic E-state index is 12.6. The summed E-state index contributed by atoms with van der Waals surface area (Å²) in [5.41, 5.74) is 0. The monoisotopic (exact) mass is 257 g/mol. The van der Waals surface area contributed by atoms with Crippen LogP contribution in [0.1, 0.15) is 0 Å². The Morgan fingerprint density at radius 3 is 2.12 bits per heavy atom. The van der Waals surface area contributed by atoms with Crippen LogP contribution in [0, 0.1) is 0 Å². The van der Waals surface area contributed by atoms with Gasteiger partial charge in [-0.25, -0.2) is 0 Å². The van der Waals surface area contributed by atoms with Crippen LogP contribution in [0.4, 0.5) is 8.78 Å². The van der Waals surface area contributed by atoms with Crippen molar-refractivity contribution in [2.24, 2.45) is 0 Å². The summed E-state index contributed by atoms with van der Waals surface area (Å²) < 4.78 is 50.5. The van der Waals surface area contributed by atoms with E-state index in [1.54, 1.807) is 0 Å². The average Bonchev–Trinajstić information content (AvgIpc) is 2.49. The highest BCUT2D eigenvalue weighted by Gasteiger charge is 2.49. The van der Waals surface area contributed by atoms with Gasteiger partial charge in [0.1, 0.15) is 6.61 Å². The Balaban J connectivity index is 2.91. The molecule has 0 bridgehead atoms. The summed E-state index contributed by atoms with van der Waals surface area (Å²) in [5, 5.41) is 3.17. The van der Waals surface area contributed by atoms with E-state index >= 15 is 0 Å². The summed E-state index contributed by atoms with van der Waals surface area (Å²) in [5.74, 6) is -2.41. The molecular weight excluding hydrogens is 252 g/mol. The highest BCUT2D eigenvalue weighted by Crippen LogP contribution is 2.24. The lowest BCUT2D eigenvalue weighted by Crippen LogP contribution is -2.41. The van der Waals surface area contributed by atoms with Gasteiger partial charge in [0.25, 0.3) is 11.8 Å². The second kappa shape index (κ2) is 3.88. The first kappa shape index (κ1) is 12.7. The van der Waals surface area contributed by atoms with E-state index in [2.05, 4.69) is 4.28 Å². The van der Waals surface area contributed by atoms with Crippen LogP contribution in [0.5, 0.6) is 0 Å². The Hall–Kier alpha value is -1.39. The summed E-state index contributed by atoms with van der Waals surface area (Å²) in [6, 6.07) is 0. The van der Waals surface area contributed by atoms with Gasteiger partial charge >= 0.3 is 15.4 Å². The number of rotatable bonds is 4. The molecule has 1 aliphatic heterocycles. The predicted molar refractivity (Wildman–Crippen MR) is 43.0 cm³/mol. The number of hydrogen-bond donors (Lipinski definition) is 1. The van der Waals surface area contributed by atoms with Crippen molar-refractivity contribution in [3.63, 3.8) is 0 Å². The van der Waals surface area contributed by atoms with Crippen molar-refractivity contribution in [3.05, 3.63) is 12.2 Å². The number of aliphatic hydroxyl groups is 1. The molecule has 1 aliphatic rings. The molecule has 0 radical (unpaired) electrons. The molecule has 0 fully saturated rings. The number of amides is 2. The molecular formula is C6H5F2NO6S. The fourth-order valence-corrected chi connectivity index (χ4v) is 1.30. The number of halogens is 2. The van der Waals surface area contributed by atoms with E-state index < -0.39 is 33.8 Å². The van der Waals surface area contributed by atoms with E-state index in [4.69, 9.17) is 5.11 Å². The van der Waals surface area contributed by atoms with E-state index in [0.29, 0.717) is 12.2 Å². The van der Waals surface area contributed by atoms with Gasteiger partial charge in [-0.05, 0) is 0 Å². The molecule has 16 heavy (non-hydrogen) atoms. The zero-order valence-electron chi connectivity index (χ0n) is 7.46. The van der Waals surface area contributed by atoms with Crippen LogP contribution in [0.25, 0.3) is 0 Å². The molecule has 7 nitrogen and oxygen atoms in total. The number of carbonyl (C=O) groups excluding carboxylic acids is 2. The summed E-state index contributed by atoms with van der Waals surface area (Å²) >= 11 is 0. The second-order valence-electron chi connectivity index (χ2n) is 2.63. The Morgan fingerprint density at radius 1 is 1.31 bits per heavy atom. The minimum Gasteiger partial charge on any atom is -0.389 e. The lowest BCUT2D eigenvalue weighted by molar-refractivity contribution is -0.163. The van der Waals surface area contributed by atoms with Crippen molar-refractivity contribution >= 4 is 21.9 Å². The first-order chi connectivity index (χ1) is 7.21. The van der Waals surface area contributed by atoms with Crippen LogP contribution in [0.2, 0.25) is 0 Å². The van der Waals surface area contributed by atoms with Crippen LogP contribution < -0.4 is 0 Å². The normalized spacial score (nSPS) is 17.3. The van der Waals surface area contributed by atoms with E-state index in [-0.39, 0.29) is 5.06 Å². The van der Waals surface area contributed by atoms with Crippen molar-refractivity contribution in [1.82, 2.24) is 5.06 Å². The van der Waals surface area contributed by atoms with Crippen LogP contribution in [0.15, 0.2) is 12.2 Å². The van der Waals surface area contributed by atoms with Crippen molar-refractivity contribution in [2.45, 2.75) is 5.25 Å². The molecule has 10 heteroatoms. The average molecular weight is 257 g/mol. The van der Waals surface area contributed by atoms with Gasteiger partial charge in [-0.3, -0.25) is 9.59 Å². The molecule has 1 rings (SSSR count). The van der Waals surface area contributed by atoms with Crippen LogP contribution >= 0.6 is 0 Å². The third-order valence-electron chi connectivity index (χ3n) is 1.49. The quantitative estimate of drug-likeness (QED) is 0.632. The third kappa shape index (κ3) is 2.08. The molecule has 0 saturated carbocycles. The summed E-state index contributed by atoms with van der Waals surface area (Å²) in [6.07, 6.45) is 1.30. The van der Waals surface area contributed by atoms with Crippen molar-refractivity contribution in [2.75, 3.05) is 6.61 Å². The molecule has 0 aromatic carbocycles. The molecule has 0 atom stereocenters. The first-order valence-corrected chi connectivity index (χ1v) is 5.11. The molecule has 0 saturated heterocycles. The standard InChI is InChI=1S/C6H5F2NO6S/c7-6(8,3-10)16(13,14)15-9-4(11)1-2-5(9)12/h1-2,10H,3H2. The van der Waals surface area contributed by atoms with E-state index in [0.717, 1.165) is 0 Å². The van der Waals surface area contributed by atoms with Crippen LogP contribution in [-0.2, 0) is 24.0 Å². The highest BCUT2D eigenvalue weighted by atomic mass is 32.2. The number of alkyl halides is 2. The van der Waals surface area contributed by atoms with Crippen molar-refractivity contribution < 1.29 is 36.2 Å². The van der Waals surface area contributed by atoms with Gasteiger partial charge in [0.2, 0.25) is 0 Å². The van der Waals surface area contributed by atoms with Crippen molar-refractivity contribution in [1.29, 1.82) is 0 Å². The SMILES string of the molecule is O=C1C=CC(=O)N1OS(=O)(=O)C(F)(F)CO. The molecule has 0 aromatic rings. The number of aliphatic hydroxyl groups excluding tert-OH is 1. The van der Waals surface area contributed by atoms with E-state index in [1.807, 2.05) is 0 Å². The summed E-state index contributed by atoms with van der Waals surface area (Å²) in [6.45, 7) is -2.03. The lowest BCUT2D eigenvalue weighted by atomic mass is 10.6. The number of carbonyl (C=O) groups is 2. The summed E-state index contributed by atoms with van der Waals surface area (Å²) in [7, 11) is -5.60. The van der Waals surface area contributed by atoms with Gasteiger partial charge in [0.15, 0.2) is 0 Å². The smallest absolute Gasteiger partial charge is 0.389 e. The van der Waals surface area contributed by atoms with Gasteiger partial charge in [-0.2, -0.15) is 17.2 Å². The predicted octanol–water partition coefficient (Wildman–Crippen LogP) is -1.24. The molecule has 0 aliphatic carbocycles. The fraction of sp³-hybridized carbons (Fsp3) is 0.333. The lowest BCUT2D eigenvalue weighted by Gasteiger charge is -2.17. The van der Waals surface area contributed by atoms with E-state index in [1.165, 1.54) is 0 Å². The first-order valence-electron chi connectivity index (χ1n) is 3.70. The largest absolute Gasteiger partial charge is 0.394 e. The van der Waals surface area contributed by atoms with Gasteiger partial charge < -0.3 is 5.11 Å². The van der Waals surface area contributed by atoms with Crippen LogP contribution in [0.3, 0.4) is 0 Å². The summed E-state index contributed by atoms with van der Waals surface area (Å²) in [4.78, 5) is 21.6. The van der Waals surface area contributed by atoms with E-state index in [9.17, 15) is 26.8 Å². The maximum absolute atomic E-state index is 12.6. The molecule has 0 spiro atoms. The minimum atomic E-state index is -5.60. The molecule has 90 valence electrons. The topological polar surface area (TPSA) is 101 Å². The molecule has 2 amide bonds. The molecule has 1 N–H and O–H groups in total. The number of hydrogen-bond acceptors (Lipinski definition) is 6. The Morgan fingerprint density at radius 2 is 1.75 bits per heavy atom. The van der Waals surface area contributed by atoms with Gasteiger partial charge in [0.05, 0.1) is 0 Å². The Kier molecular flexibility index (Phi) is 3.08. The zero-order valence-corrected chi connectivity index (χ0v) is 8.28.